The highest BCUT2D eigenvalue weighted by atomic mass is 16.2. The molecule has 1 aromatic heterocycles. The van der Waals surface area contributed by atoms with Crippen molar-refractivity contribution < 1.29 is 4.79 Å². The molecule has 2 rings (SSSR count). The van der Waals surface area contributed by atoms with Crippen LogP contribution in [0.1, 0.15) is 31.2 Å². The fraction of sp³-hybridized carbons (Fsp3) is 0.538. The van der Waals surface area contributed by atoms with E-state index in [2.05, 4.69) is 5.32 Å². The number of rotatable bonds is 3. The molecule has 1 aromatic rings. The van der Waals surface area contributed by atoms with Gasteiger partial charge in [-0.05, 0) is 31.4 Å². The van der Waals surface area contributed by atoms with Gasteiger partial charge >= 0.3 is 0 Å². The van der Waals surface area contributed by atoms with Crippen molar-refractivity contribution >= 4 is 5.91 Å². The molecule has 0 aliphatic heterocycles. The van der Waals surface area contributed by atoms with Gasteiger partial charge in [-0.1, -0.05) is 12.8 Å². The average molecular weight is 234 g/mol. The number of carbonyl (C=O) groups is 1. The zero-order valence-corrected chi connectivity index (χ0v) is 10.1. The van der Waals surface area contributed by atoms with E-state index < -0.39 is 0 Å². The molecule has 0 atom stereocenters. The van der Waals surface area contributed by atoms with Crippen molar-refractivity contribution in [2.75, 3.05) is 0 Å². The van der Waals surface area contributed by atoms with Gasteiger partial charge in [0.1, 0.15) is 6.54 Å². The summed E-state index contributed by atoms with van der Waals surface area (Å²) in [6.07, 6.45) is 6.18. The zero-order chi connectivity index (χ0) is 12.3. The van der Waals surface area contributed by atoms with E-state index in [4.69, 9.17) is 0 Å². The average Bonchev–Trinajstić information content (AvgIpc) is 2.75. The number of amides is 1. The van der Waals surface area contributed by atoms with E-state index in [1.54, 1.807) is 12.3 Å². The highest BCUT2D eigenvalue weighted by molar-refractivity contribution is 5.76. The first-order valence-electron chi connectivity index (χ1n) is 6.11. The van der Waals surface area contributed by atoms with Gasteiger partial charge in [0.05, 0.1) is 0 Å². The van der Waals surface area contributed by atoms with E-state index >= 15 is 0 Å². The molecular formula is C13H18N2O2. The van der Waals surface area contributed by atoms with Crippen molar-refractivity contribution in [3.63, 3.8) is 0 Å². The summed E-state index contributed by atoms with van der Waals surface area (Å²) in [4.78, 5) is 23.3. The van der Waals surface area contributed by atoms with Crippen molar-refractivity contribution in [1.29, 1.82) is 0 Å². The lowest BCUT2D eigenvalue weighted by atomic mass is 10.2. The first-order valence-corrected chi connectivity index (χ1v) is 6.11. The van der Waals surface area contributed by atoms with Crippen molar-refractivity contribution in [3.05, 3.63) is 34.2 Å². The van der Waals surface area contributed by atoms with Crippen LogP contribution < -0.4 is 10.9 Å². The maximum absolute atomic E-state index is 11.7. The Hall–Kier alpha value is -1.58. The summed E-state index contributed by atoms with van der Waals surface area (Å²) >= 11 is 0. The fourth-order valence-corrected chi connectivity index (χ4v) is 2.24. The Morgan fingerprint density at radius 2 is 2.18 bits per heavy atom. The molecule has 0 unspecified atom stereocenters. The standard InChI is InChI=1S/C13H18N2O2/c1-10-6-7-15(13(17)8-10)9-12(16)14-11-4-2-3-5-11/h6-8,11H,2-5,9H2,1H3,(H,14,16). The number of carbonyl (C=O) groups excluding carboxylic acids is 1. The number of hydrogen-bond donors (Lipinski definition) is 1. The molecule has 1 saturated carbocycles. The van der Waals surface area contributed by atoms with Gasteiger partial charge in [0.2, 0.25) is 5.91 Å². The van der Waals surface area contributed by atoms with Gasteiger partial charge in [-0.3, -0.25) is 9.59 Å². The number of hydrogen-bond acceptors (Lipinski definition) is 2. The zero-order valence-electron chi connectivity index (χ0n) is 10.1. The van der Waals surface area contributed by atoms with Gasteiger partial charge in [-0.2, -0.15) is 0 Å². The Kier molecular flexibility index (Phi) is 3.61. The summed E-state index contributed by atoms with van der Waals surface area (Å²) in [5.74, 6) is -0.0668. The van der Waals surface area contributed by atoms with Crippen molar-refractivity contribution in [3.8, 4) is 0 Å². The summed E-state index contributed by atoms with van der Waals surface area (Å²) in [5, 5.41) is 2.97. The van der Waals surface area contributed by atoms with E-state index in [1.807, 2.05) is 13.0 Å². The van der Waals surface area contributed by atoms with Crippen LogP contribution in [0.5, 0.6) is 0 Å². The van der Waals surface area contributed by atoms with E-state index in [0.717, 1.165) is 18.4 Å². The number of aryl methyl sites for hydroxylation is 1. The second kappa shape index (κ2) is 5.17. The van der Waals surface area contributed by atoms with Crippen molar-refractivity contribution in [1.82, 2.24) is 9.88 Å². The van der Waals surface area contributed by atoms with Crippen LogP contribution in [0.2, 0.25) is 0 Å². The van der Waals surface area contributed by atoms with Crippen LogP contribution in [0.25, 0.3) is 0 Å². The number of nitrogens with zero attached hydrogens (tertiary/aromatic N) is 1. The van der Waals surface area contributed by atoms with Gasteiger partial charge in [-0.15, -0.1) is 0 Å². The monoisotopic (exact) mass is 234 g/mol. The third-order valence-electron chi connectivity index (χ3n) is 3.19. The Morgan fingerprint density at radius 3 is 2.82 bits per heavy atom. The van der Waals surface area contributed by atoms with Gasteiger partial charge in [0, 0.05) is 18.3 Å². The molecule has 4 heteroatoms. The molecular weight excluding hydrogens is 216 g/mol. The van der Waals surface area contributed by atoms with Gasteiger partial charge < -0.3 is 9.88 Å². The molecule has 1 amide bonds. The van der Waals surface area contributed by atoms with E-state index in [-0.39, 0.29) is 18.0 Å². The summed E-state index contributed by atoms with van der Waals surface area (Å²) in [6, 6.07) is 3.69. The minimum absolute atomic E-state index is 0.0668. The van der Waals surface area contributed by atoms with E-state index in [0.29, 0.717) is 6.04 Å². The lowest BCUT2D eigenvalue weighted by Gasteiger charge is -2.12. The molecule has 0 radical (unpaired) electrons. The van der Waals surface area contributed by atoms with Gasteiger partial charge in [0.25, 0.3) is 5.56 Å². The third kappa shape index (κ3) is 3.19. The molecule has 1 heterocycles. The fourth-order valence-electron chi connectivity index (χ4n) is 2.24. The molecule has 17 heavy (non-hydrogen) atoms. The Bertz CT molecular complexity index is 459. The smallest absolute Gasteiger partial charge is 0.251 e. The van der Waals surface area contributed by atoms with Crippen LogP contribution in [0.3, 0.4) is 0 Å². The summed E-state index contributed by atoms with van der Waals surface area (Å²) in [5.41, 5.74) is 0.800. The number of pyridine rings is 1. The number of nitrogens with one attached hydrogen (secondary N) is 1. The predicted octanol–water partition coefficient (Wildman–Crippen LogP) is 1.22. The highest BCUT2D eigenvalue weighted by Gasteiger charge is 2.17. The molecule has 1 aliphatic rings. The van der Waals surface area contributed by atoms with Crippen molar-refractivity contribution in [2.24, 2.45) is 0 Å². The molecule has 0 saturated heterocycles. The van der Waals surface area contributed by atoms with Crippen LogP contribution in [-0.4, -0.2) is 16.5 Å². The minimum Gasteiger partial charge on any atom is -0.352 e. The summed E-state index contributed by atoms with van der Waals surface area (Å²) < 4.78 is 1.44. The summed E-state index contributed by atoms with van der Waals surface area (Å²) in [6.45, 7) is 1.99. The van der Waals surface area contributed by atoms with E-state index in [9.17, 15) is 9.59 Å². The molecule has 92 valence electrons. The molecule has 1 fully saturated rings. The maximum atomic E-state index is 11.7. The molecule has 0 spiro atoms. The molecule has 1 N–H and O–H groups in total. The van der Waals surface area contributed by atoms with Crippen LogP contribution in [0, 0.1) is 6.92 Å². The largest absolute Gasteiger partial charge is 0.352 e. The topological polar surface area (TPSA) is 51.1 Å². The van der Waals surface area contributed by atoms with Gasteiger partial charge in [-0.25, -0.2) is 0 Å². The lowest BCUT2D eigenvalue weighted by molar-refractivity contribution is -0.122. The molecule has 0 aromatic carbocycles. The molecule has 4 nitrogen and oxygen atoms in total. The van der Waals surface area contributed by atoms with Gasteiger partial charge in [0.15, 0.2) is 0 Å². The summed E-state index contributed by atoms with van der Waals surface area (Å²) in [7, 11) is 0. The Morgan fingerprint density at radius 1 is 1.47 bits per heavy atom. The van der Waals surface area contributed by atoms with Crippen LogP contribution in [0.15, 0.2) is 23.1 Å². The second-order valence-electron chi connectivity index (χ2n) is 4.72. The van der Waals surface area contributed by atoms with Crippen LogP contribution >= 0.6 is 0 Å². The Balaban J connectivity index is 1.95. The van der Waals surface area contributed by atoms with E-state index in [1.165, 1.54) is 17.4 Å². The molecule has 1 aliphatic carbocycles. The van der Waals surface area contributed by atoms with Crippen molar-refractivity contribution in [2.45, 2.75) is 45.2 Å². The quantitative estimate of drug-likeness (QED) is 0.854. The van der Waals surface area contributed by atoms with Crippen LogP contribution in [-0.2, 0) is 11.3 Å². The predicted molar refractivity (Wildman–Crippen MR) is 65.8 cm³/mol. The lowest BCUT2D eigenvalue weighted by Crippen LogP contribution is -2.37. The Labute approximate surface area is 101 Å². The first kappa shape index (κ1) is 11.9. The maximum Gasteiger partial charge on any atom is 0.251 e. The highest BCUT2D eigenvalue weighted by Crippen LogP contribution is 2.17. The van der Waals surface area contributed by atoms with Crippen LogP contribution in [0.4, 0.5) is 0 Å². The second-order valence-corrected chi connectivity index (χ2v) is 4.72. The SMILES string of the molecule is Cc1ccn(CC(=O)NC2CCCC2)c(=O)c1. The number of aromatic nitrogens is 1. The third-order valence-corrected chi connectivity index (χ3v) is 3.19. The normalized spacial score (nSPS) is 16.1. The molecule has 0 bridgehead atoms. The minimum atomic E-state index is -0.119. The first-order chi connectivity index (χ1) is 8.15.